The number of carbonyl (C=O) groups is 1. The number of benzene rings is 2. The highest BCUT2D eigenvalue weighted by molar-refractivity contribution is 6.43. The summed E-state index contributed by atoms with van der Waals surface area (Å²) >= 11 is 12.1. The van der Waals surface area contributed by atoms with Gasteiger partial charge in [-0.2, -0.15) is 5.10 Å². The van der Waals surface area contributed by atoms with Crippen LogP contribution in [0.15, 0.2) is 41.5 Å². The molecule has 0 atom stereocenters. The molecule has 0 saturated carbocycles. The van der Waals surface area contributed by atoms with Crippen LogP contribution >= 0.6 is 23.2 Å². The third-order valence-electron chi connectivity index (χ3n) is 3.08. The van der Waals surface area contributed by atoms with Crippen LogP contribution in [0.2, 0.25) is 10.0 Å². The maximum absolute atomic E-state index is 11.8. The first-order valence-corrected chi connectivity index (χ1v) is 7.98. The quantitative estimate of drug-likeness (QED) is 0.603. The lowest BCUT2D eigenvalue weighted by atomic mass is 10.1. The first-order chi connectivity index (χ1) is 11.5. The zero-order valence-electron chi connectivity index (χ0n) is 12.9. The molecule has 24 heavy (non-hydrogen) atoms. The average molecular weight is 367 g/mol. The van der Waals surface area contributed by atoms with Gasteiger partial charge in [-0.15, -0.1) is 0 Å². The first kappa shape index (κ1) is 18.1. The van der Waals surface area contributed by atoms with Crippen molar-refractivity contribution in [2.24, 2.45) is 5.10 Å². The number of nitrogens with one attached hydrogen (secondary N) is 1. The lowest BCUT2D eigenvalue weighted by molar-refractivity contribution is -0.120. The van der Waals surface area contributed by atoms with E-state index in [0.29, 0.717) is 6.61 Å². The highest BCUT2D eigenvalue weighted by Crippen LogP contribution is 2.39. The fourth-order valence-corrected chi connectivity index (χ4v) is 2.38. The molecule has 126 valence electrons. The van der Waals surface area contributed by atoms with Gasteiger partial charge in [0.05, 0.1) is 34.9 Å². The van der Waals surface area contributed by atoms with Gasteiger partial charge in [0.1, 0.15) is 0 Å². The third-order valence-corrected chi connectivity index (χ3v) is 3.88. The van der Waals surface area contributed by atoms with E-state index in [0.717, 1.165) is 5.56 Å². The molecule has 7 heteroatoms. The average Bonchev–Trinajstić information content (AvgIpc) is 2.57. The van der Waals surface area contributed by atoms with Crippen molar-refractivity contribution >= 4 is 35.3 Å². The van der Waals surface area contributed by atoms with E-state index in [-0.39, 0.29) is 39.4 Å². The molecular formula is C17H16Cl2N2O3. The van der Waals surface area contributed by atoms with Crippen molar-refractivity contribution in [3.05, 3.63) is 57.6 Å². The van der Waals surface area contributed by atoms with Crippen LogP contribution in [0.1, 0.15) is 18.1 Å². The zero-order valence-corrected chi connectivity index (χ0v) is 14.4. The third kappa shape index (κ3) is 4.63. The van der Waals surface area contributed by atoms with Crippen LogP contribution in [0, 0.1) is 0 Å². The number of phenolic OH excluding ortho intramolecular Hbond substituents is 1. The van der Waals surface area contributed by atoms with Crippen LogP contribution in [0.3, 0.4) is 0 Å². The highest BCUT2D eigenvalue weighted by atomic mass is 35.5. The summed E-state index contributed by atoms with van der Waals surface area (Å²) in [5.74, 6) is -0.281. The second kappa shape index (κ2) is 8.57. The zero-order chi connectivity index (χ0) is 17.5. The van der Waals surface area contributed by atoms with Crippen molar-refractivity contribution in [2.45, 2.75) is 13.3 Å². The summed E-state index contributed by atoms with van der Waals surface area (Å²) in [7, 11) is 0. The number of halogens is 2. The molecule has 0 heterocycles. The van der Waals surface area contributed by atoms with Crippen LogP contribution in [0.5, 0.6) is 11.5 Å². The van der Waals surface area contributed by atoms with E-state index >= 15 is 0 Å². The van der Waals surface area contributed by atoms with Crippen LogP contribution in [-0.2, 0) is 11.2 Å². The Morgan fingerprint density at radius 1 is 1.33 bits per heavy atom. The molecule has 0 aromatic heterocycles. The number of amides is 1. The molecule has 2 rings (SSSR count). The fraction of sp³-hybridized carbons (Fsp3) is 0.176. The van der Waals surface area contributed by atoms with Crippen LogP contribution < -0.4 is 10.2 Å². The van der Waals surface area contributed by atoms with Gasteiger partial charge in [0.2, 0.25) is 5.91 Å². The van der Waals surface area contributed by atoms with Gasteiger partial charge in [-0.1, -0.05) is 53.5 Å². The van der Waals surface area contributed by atoms with Gasteiger partial charge < -0.3 is 9.84 Å². The van der Waals surface area contributed by atoms with Crippen molar-refractivity contribution in [3.63, 3.8) is 0 Å². The summed E-state index contributed by atoms with van der Waals surface area (Å²) in [6.07, 6.45) is 1.42. The van der Waals surface area contributed by atoms with Crippen molar-refractivity contribution < 1.29 is 14.6 Å². The molecule has 0 bridgehead atoms. The van der Waals surface area contributed by atoms with Crippen molar-refractivity contribution in [1.82, 2.24) is 5.43 Å². The molecule has 0 fully saturated rings. The Morgan fingerprint density at radius 2 is 2.04 bits per heavy atom. The van der Waals surface area contributed by atoms with Crippen LogP contribution in [-0.4, -0.2) is 23.8 Å². The molecule has 0 radical (unpaired) electrons. The van der Waals surface area contributed by atoms with Gasteiger partial charge in [0.25, 0.3) is 0 Å². The Bertz CT molecular complexity index is 749. The van der Waals surface area contributed by atoms with Crippen molar-refractivity contribution in [1.29, 1.82) is 0 Å². The van der Waals surface area contributed by atoms with E-state index in [1.807, 2.05) is 30.3 Å². The summed E-state index contributed by atoms with van der Waals surface area (Å²) in [5, 5.41) is 14.3. The van der Waals surface area contributed by atoms with E-state index in [2.05, 4.69) is 10.5 Å². The summed E-state index contributed by atoms with van der Waals surface area (Å²) in [5.41, 5.74) is 3.42. The molecule has 0 spiro atoms. The minimum Gasteiger partial charge on any atom is -0.504 e. The summed E-state index contributed by atoms with van der Waals surface area (Å²) in [4.78, 5) is 11.8. The highest BCUT2D eigenvalue weighted by Gasteiger charge is 2.15. The maximum atomic E-state index is 11.8. The standard InChI is InChI=1S/C17H16Cl2N2O3/c1-2-24-14-9-13(18)16(19)12(17(14)23)10-20-21-15(22)8-11-6-4-3-5-7-11/h3-7,9-10,23H,2,8H2,1H3,(H,21,22)/b20-10-. The number of phenols is 1. The molecule has 2 aromatic rings. The van der Waals surface area contributed by atoms with E-state index in [4.69, 9.17) is 27.9 Å². The summed E-state index contributed by atoms with van der Waals surface area (Å²) in [6, 6.07) is 10.7. The number of hydrogen-bond acceptors (Lipinski definition) is 4. The second-order valence-corrected chi connectivity index (χ2v) is 5.61. The number of nitrogens with zero attached hydrogens (tertiary/aromatic N) is 1. The van der Waals surface area contributed by atoms with Gasteiger partial charge in [0, 0.05) is 6.07 Å². The van der Waals surface area contributed by atoms with Crippen LogP contribution in [0.4, 0.5) is 0 Å². The molecule has 0 aliphatic rings. The lowest BCUT2D eigenvalue weighted by Crippen LogP contribution is -2.19. The van der Waals surface area contributed by atoms with Gasteiger partial charge in [0.15, 0.2) is 11.5 Å². The monoisotopic (exact) mass is 366 g/mol. The van der Waals surface area contributed by atoms with Crippen LogP contribution in [0.25, 0.3) is 0 Å². The van der Waals surface area contributed by atoms with Gasteiger partial charge in [-0.05, 0) is 12.5 Å². The summed E-state index contributed by atoms with van der Waals surface area (Å²) in [6.45, 7) is 2.13. The molecule has 0 unspecified atom stereocenters. The number of ether oxygens (including phenoxy) is 1. The minimum absolute atomic E-state index is 0.124. The fourth-order valence-electron chi connectivity index (χ4n) is 1.99. The number of hydrogen-bond donors (Lipinski definition) is 2. The molecule has 1 amide bonds. The smallest absolute Gasteiger partial charge is 0.244 e. The molecule has 2 aromatic carbocycles. The minimum atomic E-state index is -0.292. The molecule has 0 aliphatic heterocycles. The molecule has 0 saturated heterocycles. The van der Waals surface area contributed by atoms with E-state index in [9.17, 15) is 9.90 Å². The number of carbonyl (C=O) groups excluding carboxylic acids is 1. The van der Waals surface area contributed by atoms with Crippen molar-refractivity contribution in [3.8, 4) is 11.5 Å². The van der Waals surface area contributed by atoms with E-state index < -0.39 is 0 Å². The Hall–Kier alpha value is -2.24. The predicted molar refractivity (Wildman–Crippen MR) is 95.2 cm³/mol. The van der Waals surface area contributed by atoms with Gasteiger partial charge in [-0.25, -0.2) is 5.43 Å². The maximum Gasteiger partial charge on any atom is 0.244 e. The SMILES string of the molecule is CCOc1cc(Cl)c(Cl)c(/C=N\NC(=O)Cc2ccccc2)c1O. The van der Waals surface area contributed by atoms with E-state index in [1.165, 1.54) is 12.3 Å². The second-order valence-electron chi connectivity index (χ2n) is 4.82. The molecule has 0 aliphatic carbocycles. The Morgan fingerprint density at radius 3 is 2.71 bits per heavy atom. The largest absolute Gasteiger partial charge is 0.504 e. The number of aromatic hydroxyl groups is 1. The van der Waals surface area contributed by atoms with Crippen molar-refractivity contribution in [2.75, 3.05) is 6.61 Å². The first-order valence-electron chi connectivity index (χ1n) is 7.22. The number of rotatable bonds is 6. The van der Waals surface area contributed by atoms with Gasteiger partial charge >= 0.3 is 0 Å². The van der Waals surface area contributed by atoms with Gasteiger partial charge in [-0.3, -0.25) is 4.79 Å². The Balaban J connectivity index is 2.10. The molecule has 2 N–H and O–H groups in total. The number of hydrazone groups is 1. The Labute approximate surface area is 149 Å². The topological polar surface area (TPSA) is 70.9 Å². The normalized spacial score (nSPS) is 10.8. The summed E-state index contributed by atoms with van der Waals surface area (Å²) < 4.78 is 5.28. The molecule has 5 nitrogen and oxygen atoms in total. The predicted octanol–water partition coefficient (Wildman–Crippen LogP) is 3.79. The lowest BCUT2D eigenvalue weighted by Gasteiger charge is -2.10. The Kier molecular flexibility index (Phi) is 6.46. The molecular weight excluding hydrogens is 351 g/mol. The van der Waals surface area contributed by atoms with E-state index in [1.54, 1.807) is 6.92 Å².